The average Bonchev–Trinajstić information content (AvgIpc) is 3.47. The number of alkyl halides is 3. The highest BCUT2D eigenvalue weighted by molar-refractivity contribution is 8.14. The van der Waals surface area contributed by atoms with E-state index in [4.69, 9.17) is 0 Å². The van der Waals surface area contributed by atoms with Crippen molar-refractivity contribution >= 4 is 28.6 Å². The maximum absolute atomic E-state index is 13.2. The molecule has 44 heavy (non-hydrogen) atoms. The van der Waals surface area contributed by atoms with Gasteiger partial charge in [-0.05, 0) is 74.6 Å². The van der Waals surface area contributed by atoms with Crippen LogP contribution in [0.3, 0.4) is 0 Å². The minimum atomic E-state index is -4.75. The maximum atomic E-state index is 13.2. The lowest BCUT2D eigenvalue weighted by Crippen LogP contribution is -2.43. The molecule has 1 N–H and O–H groups in total. The molecule has 0 saturated carbocycles. The summed E-state index contributed by atoms with van der Waals surface area (Å²) < 4.78 is 42.7. The third-order valence-corrected chi connectivity index (χ3v) is 8.38. The number of hydrogen-bond donors (Lipinski definition) is 1. The molecule has 12 heteroatoms. The number of thioether (sulfide) groups is 1. The fourth-order valence-electron chi connectivity index (χ4n) is 5.17. The van der Waals surface area contributed by atoms with Gasteiger partial charge in [-0.15, -0.1) is 18.3 Å². The molecule has 5 rings (SSSR count). The molecule has 1 aliphatic heterocycles. The molecule has 8 nitrogen and oxygen atoms in total. The lowest BCUT2D eigenvalue weighted by Gasteiger charge is -2.37. The van der Waals surface area contributed by atoms with Gasteiger partial charge < -0.3 is 15.0 Å². The van der Waals surface area contributed by atoms with Crippen LogP contribution >= 0.6 is 11.8 Å². The van der Waals surface area contributed by atoms with E-state index in [1.807, 2.05) is 37.3 Å². The van der Waals surface area contributed by atoms with E-state index in [0.29, 0.717) is 23.1 Å². The van der Waals surface area contributed by atoms with Gasteiger partial charge in [0.05, 0.1) is 11.7 Å². The quantitative estimate of drug-likeness (QED) is 0.225. The van der Waals surface area contributed by atoms with Crippen LogP contribution in [0.4, 0.5) is 23.7 Å². The number of hydrogen-bond acceptors (Lipinski definition) is 5. The fourth-order valence-corrected chi connectivity index (χ4v) is 6.37. The van der Waals surface area contributed by atoms with Crippen LogP contribution in [0.2, 0.25) is 0 Å². The van der Waals surface area contributed by atoms with Crippen LogP contribution in [-0.4, -0.2) is 44.1 Å². The molecule has 0 spiro atoms. The number of carbonyl (C=O) groups excluding carboxylic acids is 1. The van der Waals surface area contributed by atoms with Crippen molar-refractivity contribution in [1.29, 1.82) is 0 Å². The number of aryl methyl sites for hydroxylation is 2. The number of para-hydroxylation sites is 1. The van der Waals surface area contributed by atoms with Crippen molar-refractivity contribution in [2.75, 3.05) is 10.7 Å². The summed E-state index contributed by atoms with van der Waals surface area (Å²) in [4.78, 5) is 24.3. The van der Waals surface area contributed by atoms with Gasteiger partial charge in [-0.3, -0.25) is 0 Å². The van der Waals surface area contributed by atoms with Crippen molar-refractivity contribution in [3.05, 3.63) is 89.7 Å². The fraction of sp³-hybridized carbons (Fsp3) is 0.312. The summed E-state index contributed by atoms with van der Waals surface area (Å²) >= 11 is 1.60. The van der Waals surface area contributed by atoms with E-state index in [9.17, 15) is 18.0 Å². The molecule has 1 saturated heterocycles. The molecular weight excluding hydrogens is 589 g/mol. The summed E-state index contributed by atoms with van der Waals surface area (Å²) in [5.41, 5.74) is 5.60. The molecule has 2 unspecified atom stereocenters. The van der Waals surface area contributed by atoms with Gasteiger partial charge in [0.2, 0.25) is 0 Å². The summed E-state index contributed by atoms with van der Waals surface area (Å²) in [5.74, 6) is 1.03. The first-order valence-corrected chi connectivity index (χ1v) is 15.3. The number of rotatable bonds is 7. The Labute approximate surface area is 258 Å². The Kier molecular flexibility index (Phi) is 9.28. The lowest BCUT2D eigenvalue weighted by atomic mass is 10.0. The van der Waals surface area contributed by atoms with E-state index >= 15 is 0 Å². The van der Waals surface area contributed by atoms with Gasteiger partial charge in [-0.25, -0.2) is 14.5 Å². The number of aliphatic imine (C=N–C) groups is 1. The minimum Gasteiger partial charge on any atom is -0.406 e. The SMILES string of the molecule is CCC(NC(=O)N=C1SCCC(C)N1c1c(C)cccc1C)c1ccc(-c2ncn(-c3ccc(OC(F)(F)F)cc3)n2)cc1. The van der Waals surface area contributed by atoms with Crippen molar-refractivity contribution in [2.45, 2.75) is 59.0 Å². The number of nitrogens with one attached hydrogen (secondary N) is 1. The van der Waals surface area contributed by atoms with E-state index in [1.54, 1.807) is 11.8 Å². The highest BCUT2D eigenvalue weighted by Crippen LogP contribution is 2.34. The molecule has 1 aliphatic rings. The van der Waals surface area contributed by atoms with Crippen molar-refractivity contribution in [3.8, 4) is 22.8 Å². The molecule has 1 aromatic heterocycles. The van der Waals surface area contributed by atoms with Gasteiger partial charge in [0.25, 0.3) is 0 Å². The topological polar surface area (TPSA) is 84.6 Å². The predicted octanol–water partition coefficient (Wildman–Crippen LogP) is 8.00. The van der Waals surface area contributed by atoms with Gasteiger partial charge in [-0.1, -0.05) is 61.2 Å². The number of amides is 2. The van der Waals surface area contributed by atoms with E-state index in [0.717, 1.165) is 40.1 Å². The van der Waals surface area contributed by atoms with Gasteiger partial charge in [-0.2, -0.15) is 4.99 Å². The molecule has 0 aliphatic carbocycles. The number of urea groups is 1. The number of aromatic nitrogens is 3. The molecular formula is C32H33F3N6O2S. The van der Waals surface area contributed by atoms with E-state index in [-0.39, 0.29) is 23.9 Å². The Bertz CT molecular complexity index is 1620. The van der Waals surface area contributed by atoms with Crippen LogP contribution in [-0.2, 0) is 0 Å². The molecule has 2 heterocycles. The number of ether oxygens (including phenoxy) is 1. The molecule has 0 bridgehead atoms. The molecule has 230 valence electrons. The first kappa shape index (κ1) is 31.1. The zero-order valence-electron chi connectivity index (χ0n) is 24.8. The Balaban J connectivity index is 1.28. The number of benzene rings is 3. The van der Waals surface area contributed by atoms with Gasteiger partial charge in [0, 0.05) is 23.0 Å². The average molecular weight is 623 g/mol. The van der Waals surface area contributed by atoms with Crippen molar-refractivity contribution in [2.24, 2.45) is 4.99 Å². The second-order valence-electron chi connectivity index (χ2n) is 10.6. The zero-order chi connectivity index (χ0) is 31.4. The second kappa shape index (κ2) is 13.1. The second-order valence-corrected chi connectivity index (χ2v) is 11.6. The van der Waals surface area contributed by atoms with E-state index in [2.05, 4.69) is 62.9 Å². The smallest absolute Gasteiger partial charge is 0.406 e. The maximum Gasteiger partial charge on any atom is 0.573 e. The summed E-state index contributed by atoms with van der Waals surface area (Å²) in [7, 11) is 0. The number of carbonyl (C=O) groups is 1. The van der Waals surface area contributed by atoms with Crippen molar-refractivity contribution < 1.29 is 22.7 Å². The summed E-state index contributed by atoms with van der Waals surface area (Å²) in [6.07, 6.45) is -1.60. The van der Waals surface area contributed by atoms with Crippen LogP contribution in [0.15, 0.2) is 78.0 Å². The molecule has 2 amide bonds. The van der Waals surface area contributed by atoms with Crippen LogP contribution in [0.1, 0.15) is 49.4 Å². The van der Waals surface area contributed by atoms with Gasteiger partial charge in [0.1, 0.15) is 12.1 Å². The molecule has 1 fully saturated rings. The third kappa shape index (κ3) is 7.24. The summed E-state index contributed by atoms with van der Waals surface area (Å²) in [6.45, 7) is 8.32. The number of halogens is 3. The molecule has 0 radical (unpaired) electrons. The largest absolute Gasteiger partial charge is 0.573 e. The third-order valence-electron chi connectivity index (χ3n) is 7.40. The standard InChI is InChI=1S/C32H33F3N6O2S/c1-5-27(37-30(42)38-31-41(22(4)17-18-44-31)28-20(2)7-6-8-21(28)3)23-9-11-24(12-10-23)29-36-19-40(39-29)25-13-15-26(16-14-25)43-32(33,34)35/h6-16,19,22,27H,5,17-18H2,1-4H3,(H,37,42). The van der Waals surface area contributed by atoms with Crippen molar-refractivity contribution in [3.63, 3.8) is 0 Å². The van der Waals surface area contributed by atoms with E-state index in [1.165, 1.54) is 35.3 Å². The monoisotopic (exact) mass is 622 g/mol. The Morgan fingerprint density at radius 2 is 1.77 bits per heavy atom. The number of anilines is 1. The van der Waals surface area contributed by atoms with Crippen LogP contribution in [0, 0.1) is 13.8 Å². The number of nitrogens with zero attached hydrogens (tertiary/aromatic N) is 5. The molecule has 4 aromatic rings. The Hall–Kier alpha value is -4.32. The zero-order valence-corrected chi connectivity index (χ0v) is 25.6. The van der Waals surface area contributed by atoms with Crippen LogP contribution in [0.5, 0.6) is 5.75 Å². The van der Waals surface area contributed by atoms with Crippen LogP contribution < -0.4 is 15.0 Å². The predicted molar refractivity (Wildman–Crippen MR) is 167 cm³/mol. The Morgan fingerprint density at radius 3 is 2.41 bits per heavy atom. The van der Waals surface area contributed by atoms with Gasteiger partial charge in [0.15, 0.2) is 11.0 Å². The lowest BCUT2D eigenvalue weighted by molar-refractivity contribution is -0.274. The summed E-state index contributed by atoms with van der Waals surface area (Å²) in [6, 6.07) is 18.7. The van der Waals surface area contributed by atoms with E-state index < -0.39 is 6.36 Å². The van der Waals surface area contributed by atoms with Gasteiger partial charge >= 0.3 is 12.4 Å². The first-order chi connectivity index (χ1) is 21.0. The van der Waals surface area contributed by atoms with Crippen molar-refractivity contribution in [1.82, 2.24) is 20.1 Å². The Morgan fingerprint density at radius 1 is 1.09 bits per heavy atom. The first-order valence-electron chi connectivity index (χ1n) is 14.3. The number of amidine groups is 1. The summed E-state index contributed by atoms with van der Waals surface area (Å²) in [5, 5.41) is 8.23. The molecule has 2 atom stereocenters. The highest BCUT2D eigenvalue weighted by atomic mass is 32.2. The van der Waals surface area contributed by atoms with Crippen LogP contribution in [0.25, 0.3) is 17.1 Å². The minimum absolute atomic E-state index is 0.219. The highest BCUT2D eigenvalue weighted by Gasteiger charge is 2.31. The normalized spacial score (nSPS) is 17.0. The molecule has 3 aromatic carbocycles.